The van der Waals surface area contributed by atoms with Gasteiger partial charge in [0, 0.05) is 6.04 Å². The van der Waals surface area contributed by atoms with E-state index in [1.54, 1.807) is 6.33 Å². The summed E-state index contributed by atoms with van der Waals surface area (Å²) in [5, 5.41) is 16.3. The molecule has 0 unspecified atom stereocenters. The monoisotopic (exact) mass is 370 g/mol. The molecule has 136 valence electrons. The van der Waals surface area contributed by atoms with Gasteiger partial charge in [-0.1, -0.05) is 30.0 Å². The molecule has 0 saturated heterocycles. The lowest BCUT2D eigenvalue weighted by Crippen LogP contribution is -2.16. The first-order valence-electron chi connectivity index (χ1n) is 8.41. The van der Waals surface area contributed by atoms with E-state index in [0.717, 1.165) is 27.9 Å². The highest BCUT2D eigenvalue weighted by Gasteiger charge is 2.16. The number of nitrogens with zero attached hydrogens (tertiary/aromatic N) is 5. The predicted octanol–water partition coefficient (Wildman–Crippen LogP) is 3.39. The highest BCUT2D eigenvalue weighted by atomic mass is 32.2. The molecule has 1 amide bonds. The smallest absolute Gasteiger partial charge is 0.234 e. The molecule has 26 heavy (non-hydrogen) atoms. The van der Waals surface area contributed by atoms with Crippen LogP contribution in [0.15, 0.2) is 41.8 Å². The van der Waals surface area contributed by atoms with Crippen LogP contribution in [-0.4, -0.2) is 36.2 Å². The SMILES string of the molecule is Cc1nn(-c2ccccc2)c(C)c1NC(=O)CSc1nncn1C(C)C. The van der Waals surface area contributed by atoms with E-state index < -0.39 is 0 Å². The van der Waals surface area contributed by atoms with Gasteiger partial charge in [0.2, 0.25) is 5.91 Å². The summed E-state index contributed by atoms with van der Waals surface area (Å²) in [7, 11) is 0. The molecule has 0 bridgehead atoms. The van der Waals surface area contributed by atoms with Crippen LogP contribution in [0.25, 0.3) is 5.69 Å². The molecule has 0 saturated carbocycles. The molecule has 0 atom stereocenters. The van der Waals surface area contributed by atoms with Crippen LogP contribution in [0, 0.1) is 13.8 Å². The van der Waals surface area contributed by atoms with Crippen molar-refractivity contribution in [2.24, 2.45) is 0 Å². The third kappa shape index (κ3) is 3.80. The zero-order chi connectivity index (χ0) is 18.7. The Balaban J connectivity index is 1.70. The number of para-hydroxylation sites is 1. The van der Waals surface area contributed by atoms with Crippen LogP contribution in [0.4, 0.5) is 5.69 Å². The average molecular weight is 370 g/mol. The first-order chi connectivity index (χ1) is 12.5. The summed E-state index contributed by atoms with van der Waals surface area (Å²) in [6, 6.07) is 10.1. The second-order valence-corrected chi connectivity index (χ2v) is 7.19. The Kier molecular flexibility index (Phi) is 5.41. The topological polar surface area (TPSA) is 77.6 Å². The van der Waals surface area contributed by atoms with E-state index in [1.165, 1.54) is 11.8 Å². The number of thioether (sulfide) groups is 1. The molecular formula is C18H22N6OS. The number of hydrogen-bond donors (Lipinski definition) is 1. The van der Waals surface area contributed by atoms with Gasteiger partial charge >= 0.3 is 0 Å². The van der Waals surface area contributed by atoms with Crippen molar-refractivity contribution in [2.45, 2.75) is 38.9 Å². The fourth-order valence-electron chi connectivity index (χ4n) is 2.64. The van der Waals surface area contributed by atoms with Crippen LogP contribution in [0.5, 0.6) is 0 Å². The molecule has 0 aliphatic carbocycles. The summed E-state index contributed by atoms with van der Waals surface area (Å²) in [6.07, 6.45) is 1.68. The van der Waals surface area contributed by atoms with E-state index in [9.17, 15) is 4.79 Å². The summed E-state index contributed by atoms with van der Waals surface area (Å²) >= 11 is 1.37. The first kappa shape index (κ1) is 18.2. The van der Waals surface area contributed by atoms with E-state index in [-0.39, 0.29) is 17.7 Å². The van der Waals surface area contributed by atoms with Crippen molar-refractivity contribution in [3.05, 3.63) is 48.0 Å². The molecule has 3 aromatic rings. The molecule has 2 aromatic heterocycles. The quantitative estimate of drug-likeness (QED) is 0.673. The maximum absolute atomic E-state index is 12.4. The maximum Gasteiger partial charge on any atom is 0.234 e. The predicted molar refractivity (Wildman–Crippen MR) is 103 cm³/mol. The van der Waals surface area contributed by atoms with Gasteiger partial charge in [-0.2, -0.15) is 5.10 Å². The summed E-state index contributed by atoms with van der Waals surface area (Å²) in [5.41, 5.74) is 3.41. The maximum atomic E-state index is 12.4. The Hall–Kier alpha value is -2.61. The number of carbonyl (C=O) groups is 1. The van der Waals surface area contributed by atoms with Crippen molar-refractivity contribution < 1.29 is 4.79 Å². The van der Waals surface area contributed by atoms with Crippen LogP contribution < -0.4 is 5.32 Å². The van der Waals surface area contributed by atoms with E-state index in [0.29, 0.717) is 0 Å². The van der Waals surface area contributed by atoms with Gasteiger partial charge in [0.15, 0.2) is 5.16 Å². The highest BCUT2D eigenvalue weighted by molar-refractivity contribution is 7.99. The number of aromatic nitrogens is 5. The zero-order valence-corrected chi connectivity index (χ0v) is 16.1. The van der Waals surface area contributed by atoms with Gasteiger partial charge in [-0.25, -0.2) is 4.68 Å². The van der Waals surface area contributed by atoms with Crippen LogP contribution in [0.3, 0.4) is 0 Å². The zero-order valence-electron chi connectivity index (χ0n) is 15.3. The van der Waals surface area contributed by atoms with Gasteiger partial charge in [-0.3, -0.25) is 4.79 Å². The van der Waals surface area contributed by atoms with E-state index >= 15 is 0 Å². The number of rotatable bonds is 6. The second kappa shape index (κ2) is 7.74. The fourth-order valence-corrected chi connectivity index (χ4v) is 3.48. The molecule has 0 fully saturated rings. The van der Waals surface area contributed by atoms with Gasteiger partial charge < -0.3 is 9.88 Å². The van der Waals surface area contributed by atoms with Crippen molar-refractivity contribution >= 4 is 23.4 Å². The number of hydrogen-bond acceptors (Lipinski definition) is 5. The van der Waals surface area contributed by atoms with Crippen LogP contribution in [0.1, 0.15) is 31.3 Å². The third-order valence-corrected chi connectivity index (χ3v) is 4.94. The average Bonchev–Trinajstić information content (AvgIpc) is 3.21. The number of carbonyl (C=O) groups excluding carboxylic acids is 1. The van der Waals surface area contributed by atoms with Gasteiger partial charge in [0.1, 0.15) is 6.33 Å². The number of anilines is 1. The van der Waals surface area contributed by atoms with Gasteiger partial charge in [-0.05, 0) is 39.8 Å². The van der Waals surface area contributed by atoms with Crippen molar-refractivity contribution in [1.29, 1.82) is 0 Å². The number of aryl methyl sites for hydroxylation is 1. The van der Waals surface area contributed by atoms with Crippen molar-refractivity contribution in [2.75, 3.05) is 11.1 Å². The highest BCUT2D eigenvalue weighted by Crippen LogP contribution is 2.24. The van der Waals surface area contributed by atoms with Crippen molar-refractivity contribution in [3.63, 3.8) is 0 Å². The molecule has 0 spiro atoms. The standard InChI is InChI=1S/C18H22N6OS/c1-12(2)23-11-19-21-18(23)26-10-16(25)20-17-13(3)22-24(14(17)4)15-8-6-5-7-9-15/h5-9,11-12H,10H2,1-4H3,(H,20,25). The first-order valence-corrected chi connectivity index (χ1v) is 9.39. The number of nitrogens with one attached hydrogen (secondary N) is 1. The van der Waals surface area contributed by atoms with Crippen LogP contribution in [0.2, 0.25) is 0 Å². The molecule has 1 N–H and O–H groups in total. The fraction of sp³-hybridized carbons (Fsp3) is 0.333. The van der Waals surface area contributed by atoms with Crippen LogP contribution in [-0.2, 0) is 4.79 Å². The minimum atomic E-state index is -0.0906. The number of amides is 1. The largest absolute Gasteiger partial charge is 0.322 e. The molecule has 7 nitrogen and oxygen atoms in total. The molecule has 0 radical (unpaired) electrons. The Morgan fingerprint density at radius 1 is 1.23 bits per heavy atom. The lowest BCUT2D eigenvalue weighted by molar-refractivity contribution is -0.113. The lowest BCUT2D eigenvalue weighted by Gasteiger charge is -2.10. The summed E-state index contributed by atoms with van der Waals surface area (Å²) in [4.78, 5) is 12.4. The third-order valence-electron chi connectivity index (χ3n) is 3.99. The summed E-state index contributed by atoms with van der Waals surface area (Å²) in [5.74, 6) is 0.174. The number of benzene rings is 1. The summed E-state index contributed by atoms with van der Waals surface area (Å²) in [6.45, 7) is 7.95. The Labute approximate surface area is 156 Å². The molecule has 0 aliphatic heterocycles. The molecule has 3 rings (SSSR count). The Morgan fingerprint density at radius 2 is 1.96 bits per heavy atom. The molecular weight excluding hydrogens is 348 g/mol. The lowest BCUT2D eigenvalue weighted by atomic mass is 10.3. The normalized spacial score (nSPS) is 11.1. The Bertz CT molecular complexity index is 900. The van der Waals surface area contributed by atoms with Gasteiger partial charge in [0.25, 0.3) is 0 Å². The van der Waals surface area contributed by atoms with E-state index in [2.05, 4.69) is 34.5 Å². The van der Waals surface area contributed by atoms with Crippen LogP contribution >= 0.6 is 11.8 Å². The minimum Gasteiger partial charge on any atom is -0.322 e. The molecule has 1 aromatic carbocycles. The molecule has 8 heteroatoms. The minimum absolute atomic E-state index is 0.0906. The molecule has 2 heterocycles. The van der Waals surface area contributed by atoms with Crippen molar-refractivity contribution in [3.8, 4) is 5.69 Å². The summed E-state index contributed by atoms with van der Waals surface area (Å²) < 4.78 is 3.79. The Morgan fingerprint density at radius 3 is 2.65 bits per heavy atom. The molecule has 0 aliphatic rings. The van der Waals surface area contributed by atoms with Gasteiger partial charge in [-0.15, -0.1) is 10.2 Å². The van der Waals surface area contributed by atoms with Gasteiger partial charge in [0.05, 0.1) is 28.5 Å². The van der Waals surface area contributed by atoms with Crippen molar-refractivity contribution in [1.82, 2.24) is 24.5 Å². The second-order valence-electron chi connectivity index (χ2n) is 6.24. The van der Waals surface area contributed by atoms with E-state index in [4.69, 9.17) is 0 Å². The van der Waals surface area contributed by atoms with E-state index in [1.807, 2.05) is 53.4 Å².